The lowest BCUT2D eigenvalue weighted by Gasteiger charge is -2.10. The molecule has 0 aliphatic carbocycles. The van der Waals surface area contributed by atoms with Crippen LogP contribution in [0.15, 0.2) is 29.2 Å². The summed E-state index contributed by atoms with van der Waals surface area (Å²) >= 11 is 0. The zero-order valence-electron chi connectivity index (χ0n) is 13.3. The van der Waals surface area contributed by atoms with E-state index in [4.69, 9.17) is 0 Å². The number of aryl methyl sites for hydroxylation is 2. The van der Waals surface area contributed by atoms with Crippen LogP contribution in [-0.2, 0) is 16.4 Å². The normalized spacial score (nSPS) is 11.5. The van der Waals surface area contributed by atoms with Crippen molar-refractivity contribution >= 4 is 15.8 Å². The van der Waals surface area contributed by atoms with Crippen LogP contribution in [0.2, 0.25) is 0 Å². The average Bonchev–Trinajstić information content (AvgIpc) is 2.50. The van der Waals surface area contributed by atoms with Crippen molar-refractivity contribution in [2.24, 2.45) is 0 Å². The largest absolute Gasteiger partial charge is 0.369 e. The highest BCUT2D eigenvalue weighted by atomic mass is 32.2. The molecule has 0 bridgehead atoms. The van der Waals surface area contributed by atoms with Gasteiger partial charge in [0, 0.05) is 37.3 Å². The highest BCUT2D eigenvalue weighted by Gasteiger charge is 2.18. The van der Waals surface area contributed by atoms with Gasteiger partial charge < -0.3 is 5.32 Å². The summed E-state index contributed by atoms with van der Waals surface area (Å²) in [5.41, 5.74) is 0.804. The van der Waals surface area contributed by atoms with Crippen molar-refractivity contribution in [3.8, 4) is 0 Å². The van der Waals surface area contributed by atoms with Gasteiger partial charge >= 0.3 is 0 Å². The standard InChI is InChI=1S/C15H18F2N4O2S/c1-3-14-20-10(2)8-15(21-14)18-6-7-19-24(22,23)13-5-4-11(16)9-12(13)17/h4-5,8-9,19H,3,6-7H2,1-2H3,(H,18,20,21). The average molecular weight is 356 g/mol. The van der Waals surface area contributed by atoms with Gasteiger partial charge in [0.15, 0.2) is 0 Å². The van der Waals surface area contributed by atoms with Crippen LogP contribution >= 0.6 is 0 Å². The fourth-order valence-corrected chi connectivity index (χ4v) is 3.11. The number of sulfonamides is 1. The maximum absolute atomic E-state index is 13.6. The smallest absolute Gasteiger partial charge is 0.243 e. The second kappa shape index (κ2) is 7.63. The Morgan fingerprint density at radius 2 is 1.88 bits per heavy atom. The minimum Gasteiger partial charge on any atom is -0.369 e. The molecule has 0 unspecified atom stereocenters. The molecule has 0 aliphatic rings. The molecule has 0 radical (unpaired) electrons. The first-order chi connectivity index (χ1) is 11.3. The topological polar surface area (TPSA) is 84.0 Å². The summed E-state index contributed by atoms with van der Waals surface area (Å²) in [6.07, 6.45) is 0.687. The van der Waals surface area contributed by atoms with Crippen molar-refractivity contribution < 1.29 is 17.2 Å². The van der Waals surface area contributed by atoms with Crippen LogP contribution in [0.4, 0.5) is 14.6 Å². The van der Waals surface area contributed by atoms with E-state index in [1.807, 2.05) is 13.8 Å². The SMILES string of the molecule is CCc1nc(C)cc(NCCNS(=O)(=O)c2ccc(F)cc2F)n1. The molecule has 130 valence electrons. The number of anilines is 1. The van der Waals surface area contributed by atoms with E-state index in [1.54, 1.807) is 6.07 Å². The van der Waals surface area contributed by atoms with Gasteiger partial charge in [0.05, 0.1) is 0 Å². The predicted octanol–water partition coefficient (Wildman–Crippen LogP) is 2.02. The van der Waals surface area contributed by atoms with E-state index in [9.17, 15) is 17.2 Å². The number of hydrogen-bond donors (Lipinski definition) is 2. The van der Waals surface area contributed by atoms with E-state index in [0.717, 1.165) is 17.8 Å². The van der Waals surface area contributed by atoms with Gasteiger partial charge in [-0.25, -0.2) is 31.9 Å². The molecule has 0 saturated heterocycles. The van der Waals surface area contributed by atoms with Crippen LogP contribution in [0.1, 0.15) is 18.4 Å². The Balaban J connectivity index is 1.95. The summed E-state index contributed by atoms with van der Waals surface area (Å²) in [7, 11) is -4.05. The number of nitrogens with one attached hydrogen (secondary N) is 2. The molecule has 24 heavy (non-hydrogen) atoms. The van der Waals surface area contributed by atoms with Crippen LogP contribution in [-0.4, -0.2) is 31.5 Å². The van der Waals surface area contributed by atoms with Gasteiger partial charge in [-0.3, -0.25) is 0 Å². The zero-order chi connectivity index (χ0) is 17.7. The van der Waals surface area contributed by atoms with Crippen molar-refractivity contribution in [3.05, 3.63) is 47.4 Å². The van der Waals surface area contributed by atoms with Crippen LogP contribution in [0.5, 0.6) is 0 Å². The highest BCUT2D eigenvalue weighted by molar-refractivity contribution is 7.89. The van der Waals surface area contributed by atoms with Crippen LogP contribution in [0, 0.1) is 18.6 Å². The molecule has 2 rings (SSSR count). The second-order valence-corrected chi connectivity index (χ2v) is 6.80. The summed E-state index contributed by atoms with van der Waals surface area (Å²) in [5, 5.41) is 2.98. The van der Waals surface area contributed by atoms with Gasteiger partial charge in [-0.2, -0.15) is 0 Å². The molecule has 1 aromatic carbocycles. The molecule has 0 atom stereocenters. The van der Waals surface area contributed by atoms with Gasteiger partial charge in [0.2, 0.25) is 10.0 Å². The lowest BCUT2D eigenvalue weighted by atomic mass is 10.3. The van der Waals surface area contributed by atoms with Gasteiger partial charge in [-0.1, -0.05) is 6.92 Å². The molecule has 9 heteroatoms. The molecule has 2 aromatic rings. The van der Waals surface area contributed by atoms with Gasteiger partial charge in [0.1, 0.15) is 28.2 Å². The Bertz CT molecular complexity index is 828. The minimum absolute atomic E-state index is 0.0175. The first-order valence-electron chi connectivity index (χ1n) is 7.35. The van der Waals surface area contributed by atoms with E-state index in [2.05, 4.69) is 20.0 Å². The van der Waals surface area contributed by atoms with Crippen molar-refractivity contribution in [2.45, 2.75) is 25.2 Å². The molecule has 0 amide bonds. The Kier molecular flexibility index (Phi) is 5.79. The van der Waals surface area contributed by atoms with E-state index >= 15 is 0 Å². The third-order valence-electron chi connectivity index (χ3n) is 3.12. The van der Waals surface area contributed by atoms with E-state index < -0.39 is 26.6 Å². The molecule has 1 aromatic heterocycles. The zero-order valence-corrected chi connectivity index (χ0v) is 14.1. The Morgan fingerprint density at radius 3 is 2.54 bits per heavy atom. The minimum atomic E-state index is -4.05. The molecule has 1 heterocycles. The Labute approximate surface area is 139 Å². The number of benzene rings is 1. The maximum atomic E-state index is 13.6. The summed E-state index contributed by atoms with van der Waals surface area (Å²) in [5.74, 6) is -0.688. The molecule has 0 spiro atoms. The third-order valence-corrected chi connectivity index (χ3v) is 4.62. The highest BCUT2D eigenvalue weighted by Crippen LogP contribution is 2.15. The monoisotopic (exact) mass is 356 g/mol. The van der Waals surface area contributed by atoms with Gasteiger partial charge in [-0.15, -0.1) is 0 Å². The number of aromatic nitrogens is 2. The van der Waals surface area contributed by atoms with Crippen LogP contribution in [0.3, 0.4) is 0 Å². The number of hydrogen-bond acceptors (Lipinski definition) is 5. The number of rotatable bonds is 7. The summed E-state index contributed by atoms with van der Waals surface area (Å²) in [6.45, 7) is 4.04. The lowest BCUT2D eigenvalue weighted by molar-refractivity contribution is 0.543. The molecule has 0 aliphatic heterocycles. The maximum Gasteiger partial charge on any atom is 0.243 e. The molecule has 6 nitrogen and oxygen atoms in total. The van der Waals surface area contributed by atoms with E-state index in [0.29, 0.717) is 24.1 Å². The van der Waals surface area contributed by atoms with Crippen LogP contribution < -0.4 is 10.0 Å². The third kappa shape index (κ3) is 4.68. The summed E-state index contributed by atoms with van der Waals surface area (Å²) in [6, 6.07) is 4.06. The molecular formula is C15H18F2N4O2S. The van der Waals surface area contributed by atoms with Gasteiger partial charge in [-0.05, 0) is 19.1 Å². The predicted molar refractivity (Wildman–Crippen MR) is 86.2 cm³/mol. The Morgan fingerprint density at radius 1 is 1.12 bits per heavy atom. The summed E-state index contributed by atoms with van der Waals surface area (Å²) < 4.78 is 52.7. The lowest BCUT2D eigenvalue weighted by Crippen LogP contribution is -2.29. The Hall–Kier alpha value is -2.13. The van der Waals surface area contributed by atoms with Crippen LogP contribution in [0.25, 0.3) is 0 Å². The fraction of sp³-hybridized carbons (Fsp3) is 0.333. The first-order valence-corrected chi connectivity index (χ1v) is 8.83. The number of nitrogens with zero attached hydrogens (tertiary/aromatic N) is 2. The van der Waals surface area contributed by atoms with E-state index in [1.165, 1.54) is 0 Å². The fourth-order valence-electron chi connectivity index (χ4n) is 2.03. The second-order valence-electron chi connectivity index (χ2n) is 5.06. The molecule has 0 saturated carbocycles. The first kappa shape index (κ1) is 18.2. The molecular weight excluding hydrogens is 338 g/mol. The van der Waals surface area contributed by atoms with Crippen molar-refractivity contribution in [1.82, 2.24) is 14.7 Å². The molecule has 2 N–H and O–H groups in total. The summed E-state index contributed by atoms with van der Waals surface area (Å²) in [4.78, 5) is 7.92. The van der Waals surface area contributed by atoms with Gasteiger partial charge in [0.25, 0.3) is 0 Å². The van der Waals surface area contributed by atoms with Crippen molar-refractivity contribution in [1.29, 1.82) is 0 Å². The van der Waals surface area contributed by atoms with Crippen molar-refractivity contribution in [3.63, 3.8) is 0 Å². The van der Waals surface area contributed by atoms with E-state index in [-0.39, 0.29) is 13.1 Å². The van der Waals surface area contributed by atoms with Crippen molar-refractivity contribution in [2.75, 3.05) is 18.4 Å². The number of halogens is 2. The quantitative estimate of drug-likeness (QED) is 0.742. The molecule has 0 fully saturated rings.